The molecular formula is C16H22BFO4. The molecule has 0 unspecified atom stereocenters. The molecule has 0 atom stereocenters. The predicted molar refractivity (Wildman–Crippen MR) is 84.7 cm³/mol. The SMILES string of the molecule is COc1cccc(C=C(F)B2OC(C)(C)C(C)(C)O2)c1OC. The third kappa shape index (κ3) is 2.98. The Morgan fingerprint density at radius 2 is 1.68 bits per heavy atom. The molecule has 1 saturated heterocycles. The summed E-state index contributed by atoms with van der Waals surface area (Å²) in [6, 6.07) is 5.26. The molecule has 1 aliphatic rings. The fourth-order valence-electron chi connectivity index (χ4n) is 2.20. The van der Waals surface area contributed by atoms with Crippen LogP contribution in [0.25, 0.3) is 6.08 Å². The van der Waals surface area contributed by atoms with Crippen LogP contribution < -0.4 is 9.47 Å². The van der Waals surface area contributed by atoms with E-state index in [-0.39, 0.29) is 0 Å². The molecule has 4 nitrogen and oxygen atoms in total. The van der Waals surface area contributed by atoms with Gasteiger partial charge in [-0.3, -0.25) is 0 Å². The van der Waals surface area contributed by atoms with Crippen molar-refractivity contribution in [2.24, 2.45) is 0 Å². The number of rotatable bonds is 4. The average Bonchev–Trinajstić information content (AvgIpc) is 2.67. The molecule has 0 bridgehead atoms. The highest BCUT2D eigenvalue weighted by Crippen LogP contribution is 2.40. The van der Waals surface area contributed by atoms with Crippen molar-refractivity contribution >= 4 is 13.2 Å². The Kier molecular flexibility index (Phi) is 4.54. The molecule has 0 aliphatic carbocycles. The maximum atomic E-state index is 14.5. The van der Waals surface area contributed by atoms with Gasteiger partial charge >= 0.3 is 7.12 Å². The molecule has 0 spiro atoms. The van der Waals surface area contributed by atoms with Gasteiger partial charge in [-0.25, -0.2) is 4.39 Å². The van der Waals surface area contributed by atoms with Crippen LogP contribution in [-0.2, 0) is 9.31 Å². The average molecular weight is 308 g/mol. The lowest BCUT2D eigenvalue weighted by molar-refractivity contribution is 0.00578. The van der Waals surface area contributed by atoms with Gasteiger partial charge in [0.05, 0.1) is 25.4 Å². The molecule has 1 fully saturated rings. The van der Waals surface area contributed by atoms with E-state index in [2.05, 4.69) is 0 Å². The first-order valence-electron chi connectivity index (χ1n) is 7.15. The predicted octanol–water partition coefficient (Wildman–Crippen LogP) is 3.65. The Labute approximate surface area is 131 Å². The lowest BCUT2D eigenvalue weighted by Crippen LogP contribution is -2.41. The van der Waals surface area contributed by atoms with E-state index in [1.54, 1.807) is 18.2 Å². The lowest BCUT2D eigenvalue weighted by Gasteiger charge is -2.32. The summed E-state index contributed by atoms with van der Waals surface area (Å²) in [4.78, 5) is 0. The molecule has 0 saturated carbocycles. The molecule has 1 aromatic carbocycles. The maximum absolute atomic E-state index is 14.5. The van der Waals surface area contributed by atoms with Crippen molar-refractivity contribution in [3.63, 3.8) is 0 Å². The fourth-order valence-corrected chi connectivity index (χ4v) is 2.20. The van der Waals surface area contributed by atoms with Gasteiger partial charge in [0.25, 0.3) is 0 Å². The summed E-state index contributed by atoms with van der Waals surface area (Å²) in [5.41, 5.74) is -1.11. The van der Waals surface area contributed by atoms with E-state index < -0.39 is 24.0 Å². The molecule has 6 heteroatoms. The zero-order valence-corrected chi connectivity index (χ0v) is 13.9. The second-order valence-corrected chi connectivity index (χ2v) is 6.20. The first kappa shape index (κ1) is 16.8. The van der Waals surface area contributed by atoms with E-state index in [0.717, 1.165) is 0 Å². The number of methoxy groups -OCH3 is 2. The minimum atomic E-state index is -1.03. The quantitative estimate of drug-likeness (QED) is 0.796. The van der Waals surface area contributed by atoms with Gasteiger partial charge in [0, 0.05) is 5.56 Å². The summed E-state index contributed by atoms with van der Waals surface area (Å²) in [5, 5.41) is 0. The molecule has 1 aromatic rings. The van der Waals surface area contributed by atoms with Gasteiger partial charge in [-0.15, -0.1) is 0 Å². The van der Waals surface area contributed by atoms with Gasteiger partial charge in [0.2, 0.25) is 0 Å². The van der Waals surface area contributed by atoms with Gasteiger partial charge < -0.3 is 18.8 Å². The first-order valence-corrected chi connectivity index (χ1v) is 7.15. The Hall–Kier alpha value is -1.53. The summed E-state index contributed by atoms with van der Waals surface area (Å²) >= 11 is 0. The molecule has 0 aromatic heterocycles. The molecule has 120 valence electrons. The van der Waals surface area contributed by atoms with E-state index in [0.29, 0.717) is 17.1 Å². The van der Waals surface area contributed by atoms with Crippen LogP contribution in [0.1, 0.15) is 33.3 Å². The first-order chi connectivity index (χ1) is 10.2. The van der Waals surface area contributed by atoms with Crippen molar-refractivity contribution in [1.82, 2.24) is 0 Å². The van der Waals surface area contributed by atoms with Crippen molar-refractivity contribution in [3.8, 4) is 11.5 Å². The van der Waals surface area contributed by atoms with Gasteiger partial charge in [0.1, 0.15) is 5.73 Å². The van der Waals surface area contributed by atoms with Crippen LogP contribution in [0.4, 0.5) is 4.39 Å². The highest BCUT2D eigenvalue weighted by molar-refractivity contribution is 6.54. The normalized spacial score (nSPS) is 20.1. The van der Waals surface area contributed by atoms with Crippen molar-refractivity contribution < 1.29 is 23.2 Å². The molecule has 0 radical (unpaired) electrons. The van der Waals surface area contributed by atoms with Crippen LogP contribution in [0, 0.1) is 0 Å². The summed E-state index contributed by atoms with van der Waals surface area (Å²) in [6.45, 7) is 7.53. The number of ether oxygens (including phenoxy) is 2. The topological polar surface area (TPSA) is 36.9 Å². The van der Waals surface area contributed by atoms with Crippen molar-refractivity contribution in [3.05, 3.63) is 29.5 Å². The van der Waals surface area contributed by atoms with Crippen LogP contribution in [0.5, 0.6) is 11.5 Å². The van der Waals surface area contributed by atoms with Crippen LogP contribution in [0.2, 0.25) is 0 Å². The molecule has 1 heterocycles. The molecular weight excluding hydrogens is 286 g/mol. The fraction of sp³-hybridized carbons (Fsp3) is 0.500. The standard InChI is InChI=1S/C16H22BFO4/c1-15(2)16(3,4)22-17(21-15)13(18)10-11-8-7-9-12(19-5)14(11)20-6/h7-10H,1-6H3. The monoisotopic (exact) mass is 308 g/mol. The summed E-state index contributed by atoms with van der Waals surface area (Å²) in [7, 11) is 2.03. The highest BCUT2D eigenvalue weighted by Gasteiger charge is 2.53. The minimum absolute atomic E-state index is 0.469. The van der Waals surface area contributed by atoms with Gasteiger partial charge in [-0.2, -0.15) is 0 Å². The van der Waals surface area contributed by atoms with Crippen LogP contribution in [0.3, 0.4) is 0 Å². The molecule has 22 heavy (non-hydrogen) atoms. The zero-order valence-electron chi connectivity index (χ0n) is 13.9. The second-order valence-electron chi connectivity index (χ2n) is 6.20. The molecule has 1 aliphatic heterocycles. The van der Waals surface area contributed by atoms with Gasteiger partial charge in [0.15, 0.2) is 11.5 Å². The van der Waals surface area contributed by atoms with E-state index >= 15 is 0 Å². The molecule has 0 N–H and O–H groups in total. The van der Waals surface area contributed by atoms with E-state index in [9.17, 15) is 4.39 Å². The Morgan fingerprint density at radius 3 is 2.18 bits per heavy atom. The number of hydrogen-bond acceptors (Lipinski definition) is 4. The minimum Gasteiger partial charge on any atom is -0.493 e. The Bertz CT molecular complexity index is 568. The van der Waals surface area contributed by atoms with Crippen LogP contribution in [-0.4, -0.2) is 32.5 Å². The molecule has 2 rings (SSSR count). The lowest BCUT2D eigenvalue weighted by atomic mass is 9.86. The van der Waals surface area contributed by atoms with Crippen molar-refractivity contribution in [2.45, 2.75) is 38.9 Å². The van der Waals surface area contributed by atoms with E-state index in [1.807, 2.05) is 27.7 Å². The highest BCUT2D eigenvalue weighted by atomic mass is 19.1. The van der Waals surface area contributed by atoms with Gasteiger partial charge in [-0.05, 0) is 39.8 Å². The Balaban J connectivity index is 2.31. The summed E-state index contributed by atoms with van der Waals surface area (Å²) in [6.07, 6.45) is 1.35. The third-order valence-electron chi connectivity index (χ3n) is 4.21. The zero-order chi connectivity index (χ0) is 16.5. The number of hydrogen-bond donors (Lipinski definition) is 0. The third-order valence-corrected chi connectivity index (χ3v) is 4.21. The van der Waals surface area contributed by atoms with E-state index in [1.165, 1.54) is 20.3 Å². The second kappa shape index (κ2) is 5.93. The van der Waals surface area contributed by atoms with E-state index in [4.69, 9.17) is 18.8 Å². The number of benzene rings is 1. The van der Waals surface area contributed by atoms with Gasteiger partial charge in [-0.1, -0.05) is 12.1 Å². The summed E-state index contributed by atoms with van der Waals surface area (Å²) in [5.74, 6) is 1.01. The van der Waals surface area contributed by atoms with Crippen molar-refractivity contribution in [1.29, 1.82) is 0 Å². The van der Waals surface area contributed by atoms with Crippen LogP contribution >= 0.6 is 0 Å². The Morgan fingerprint density at radius 1 is 1.09 bits per heavy atom. The summed E-state index contributed by atoms with van der Waals surface area (Å²) < 4.78 is 36.4. The van der Waals surface area contributed by atoms with Crippen molar-refractivity contribution in [2.75, 3.05) is 14.2 Å². The smallest absolute Gasteiger partial charge is 0.493 e. The number of halogens is 1. The van der Waals surface area contributed by atoms with Crippen LogP contribution in [0.15, 0.2) is 23.9 Å². The maximum Gasteiger partial charge on any atom is 0.525 e. The number of para-hydroxylation sites is 1. The molecule has 0 amide bonds. The largest absolute Gasteiger partial charge is 0.525 e.